The van der Waals surface area contributed by atoms with Gasteiger partial charge in [0.25, 0.3) is 0 Å². The van der Waals surface area contributed by atoms with Crippen molar-refractivity contribution < 1.29 is 19.7 Å². The van der Waals surface area contributed by atoms with Gasteiger partial charge in [-0.2, -0.15) is 0 Å². The number of alkyl halides is 1. The zero-order valence-electron chi connectivity index (χ0n) is 25.3. The lowest BCUT2D eigenvalue weighted by atomic mass is 9.33. The summed E-state index contributed by atoms with van der Waals surface area (Å²) in [5.74, 6) is 1.18. The van der Waals surface area contributed by atoms with E-state index < -0.39 is 11.5 Å². The van der Waals surface area contributed by atoms with Crippen molar-refractivity contribution in [1.82, 2.24) is 0 Å². The Balaban J connectivity index is 0.00000353. The summed E-state index contributed by atoms with van der Waals surface area (Å²) in [5.41, 5.74) is 1.31. The Morgan fingerprint density at radius 2 is 1.69 bits per heavy atom. The van der Waals surface area contributed by atoms with Gasteiger partial charge in [-0.15, -0.1) is 12.4 Å². The SMILES string of the molecule is CC1(C)CC[C@]2(C(=O)OCCCBr)CC[C@]3(C)C(=CC[C@@H]4[C@@]5(C)CC[C@H](O)[C@@](C)(CO)[C@@H]5CC[C@]43C)[C@@H]2C1.Cl. The number of hydrogen-bond acceptors (Lipinski definition) is 4. The molecule has 0 saturated heterocycles. The van der Waals surface area contributed by atoms with Gasteiger partial charge in [-0.3, -0.25) is 4.79 Å². The molecule has 4 saturated carbocycles. The largest absolute Gasteiger partial charge is 0.465 e. The van der Waals surface area contributed by atoms with E-state index in [1.165, 1.54) is 0 Å². The first kappa shape index (κ1) is 31.8. The first-order valence-electron chi connectivity index (χ1n) is 15.5. The lowest BCUT2D eigenvalue weighted by Crippen LogP contribution is -2.66. The van der Waals surface area contributed by atoms with Crippen molar-refractivity contribution in [2.45, 2.75) is 118 Å². The van der Waals surface area contributed by atoms with Crippen molar-refractivity contribution in [1.29, 1.82) is 0 Å². The van der Waals surface area contributed by atoms with Gasteiger partial charge in [-0.25, -0.2) is 0 Å². The van der Waals surface area contributed by atoms with E-state index in [2.05, 4.69) is 63.5 Å². The second-order valence-corrected chi connectivity index (χ2v) is 16.6. The molecule has 5 aliphatic carbocycles. The number of allylic oxidation sites excluding steroid dienone is 2. The quantitative estimate of drug-likeness (QED) is 0.141. The van der Waals surface area contributed by atoms with Crippen molar-refractivity contribution in [3.63, 3.8) is 0 Å². The number of fused-ring (bicyclic) bond motifs is 7. The average molecular weight is 630 g/mol. The molecule has 0 spiro atoms. The van der Waals surface area contributed by atoms with Gasteiger partial charge in [0, 0.05) is 10.7 Å². The van der Waals surface area contributed by atoms with Crippen LogP contribution in [0.3, 0.4) is 0 Å². The smallest absolute Gasteiger partial charge is 0.312 e. The topological polar surface area (TPSA) is 66.8 Å². The molecule has 0 aromatic carbocycles. The number of hydrogen-bond donors (Lipinski definition) is 2. The minimum atomic E-state index is -0.423. The Labute approximate surface area is 252 Å². The van der Waals surface area contributed by atoms with E-state index in [0.29, 0.717) is 18.4 Å². The van der Waals surface area contributed by atoms with Crippen LogP contribution in [0.4, 0.5) is 0 Å². The minimum absolute atomic E-state index is 0. The monoisotopic (exact) mass is 628 g/mol. The highest BCUT2D eigenvalue weighted by Gasteiger charge is 2.69. The normalized spacial score (nSPS) is 48.3. The molecule has 5 aliphatic rings. The van der Waals surface area contributed by atoms with Crippen molar-refractivity contribution in [3.8, 4) is 0 Å². The Kier molecular flexibility index (Phi) is 8.62. The van der Waals surface area contributed by atoms with Crippen molar-refractivity contribution >= 4 is 34.3 Å². The summed E-state index contributed by atoms with van der Waals surface area (Å²) < 4.78 is 5.98. The van der Waals surface area contributed by atoms with E-state index in [4.69, 9.17) is 4.74 Å². The van der Waals surface area contributed by atoms with Crippen LogP contribution in [-0.4, -0.2) is 40.8 Å². The van der Waals surface area contributed by atoms with Gasteiger partial charge in [0.2, 0.25) is 0 Å². The highest BCUT2D eigenvalue weighted by molar-refractivity contribution is 9.09. The maximum absolute atomic E-state index is 13.8. The zero-order chi connectivity index (χ0) is 27.8. The maximum Gasteiger partial charge on any atom is 0.312 e. The average Bonchev–Trinajstić information content (AvgIpc) is 2.86. The van der Waals surface area contributed by atoms with E-state index in [1.807, 2.05) is 0 Å². The summed E-state index contributed by atoms with van der Waals surface area (Å²) >= 11 is 3.48. The number of rotatable bonds is 5. The van der Waals surface area contributed by atoms with Gasteiger partial charge in [-0.1, -0.05) is 69.1 Å². The van der Waals surface area contributed by atoms with E-state index in [0.717, 1.165) is 76.0 Å². The van der Waals surface area contributed by atoms with Crippen LogP contribution in [-0.2, 0) is 9.53 Å². The fraction of sp³-hybridized carbons (Fsp3) is 0.909. The van der Waals surface area contributed by atoms with E-state index >= 15 is 0 Å². The number of ether oxygens (including phenoxy) is 1. The van der Waals surface area contributed by atoms with E-state index in [9.17, 15) is 15.0 Å². The molecule has 5 rings (SSSR count). The molecular formula is C33H54BrClO4. The van der Waals surface area contributed by atoms with Crippen LogP contribution in [0.15, 0.2) is 11.6 Å². The van der Waals surface area contributed by atoms with E-state index in [-0.39, 0.29) is 58.0 Å². The molecule has 9 atom stereocenters. The molecule has 0 heterocycles. The van der Waals surface area contributed by atoms with Gasteiger partial charge in [0.15, 0.2) is 0 Å². The molecule has 6 heteroatoms. The summed E-state index contributed by atoms with van der Waals surface area (Å²) in [6.45, 7) is 15.1. The van der Waals surface area contributed by atoms with Crippen molar-refractivity contribution in [2.24, 2.45) is 50.2 Å². The van der Waals surface area contributed by atoms with Crippen molar-refractivity contribution in [3.05, 3.63) is 11.6 Å². The predicted molar refractivity (Wildman–Crippen MR) is 163 cm³/mol. The van der Waals surface area contributed by atoms with Gasteiger partial charge < -0.3 is 14.9 Å². The van der Waals surface area contributed by atoms with Crippen LogP contribution in [0.2, 0.25) is 0 Å². The number of carbonyl (C=O) groups excluding carboxylic acids is 1. The molecule has 0 aliphatic heterocycles. The fourth-order valence-electron chi connectivity index (χ4n) is 11.0. The van der Waals surface area contributed by atoms with Crippen molar-refractivity contribution in [2.75, 3.05) is 18.5 Å². The molecule has 4 nitrogen and oxygen atoms in total. The minimum Gasteiger partial charge on any atom is -0.465 e. The van der Waals surface area contributed by atoms with Crippen LogP contribution >= 0.6 is 28.3 Å². The zero-order valence-corrected chi connectivity index (χ0v) is 27.7. The molecule has 2 N–H and O–H groups in total. The molecule has 39 heavy (non-hydrogen) atoms. The molecule has 0 amide bonds. The summed E-state index contributed by atoms with van der Waals surface area (Å²) in [7, 11) is 0. The number of esters is 1. The molecule has 0 radical (unpaired) electrons. The molecule has 224 valence electrons. The second kappa shape index (κ2) is 10.6. The van der Waals surface area contributed by atoms with Crippen LogP contribution < -0.4 is 0 Å². The van der Waals surface area contributed by atoms with Crippen LogP contribution in [0.25, 0.3) is 0 Å². The fourth-order valence-corrected chi connectivity index (χ4v) is 11.2. The second-order valence-electron chi connectivity index (χ2n) is 15.8. The highest BCUT2D eigenvalue weighted by atomic mass is 79.9. The molecular weight excluding hydrogens is 576 g/mol. The predicted octanol–water partition coefficient (Wildman–Crippen LogP) is 7.87. The molecule has 0 aromatic heterocycles. The summed E-state index contributed by atoms with van der Waals surface area (Å²) in [5, 5.41) is 22.3. The number of halogens is 2. The maximum atomic E-state index is 13.8. The molecule has 0 bridgehead atoms. The van der Waals surface area contributed by atoms with Gasteiger partial charge >= 0.3 is 5.97 Å². The van der Waals surface area contributed by atoms with Crippen LogP contribution in [0.5, 0.6) is 0 Å². The highest BCUT2D eigenvalue weighted by Crippen LogP contribution is 2.75. The molecule has 4 fully saturated rings. The Bertz CT molecular complexity index is 983. The Hall–Kier alpha value is -0.100. The van der Waals surface area contributed by atoms with Gasteiger partial charge in [0.05, 0.1) is 24.7 Å². The number of aliphatic hydroxyl groups is 2. The third kappa shape index (κ3) is 4.44. The first-order chi connectivity index (χ1) is 17.7. The number of aliphatic hydroxyl groups excluding tert-OH is 2. The van der Waals surface area contributed by atoms with Crippen LogP contribution in [0.1, 0.15) is 112 Å². The summed E-state index contributed by atoms with van der Waals surface area (Å²) in [6, 6.07) is 0. The summed E-state index contributed by atoms with van der Waals surface area (Å²) in [6.07, 6.45) is 13.2. The first-order valence-corrected chi connectivity index (χ1v) is 16.6. The third-order valence-electron chi connectivity index (χ3n) is 13.7. The van der Waals surface area contributed by atoms with Gasteiger partial charge in [0.1, 0.15) is 0 Å². The lowest BCUT2D eigenvalue weighted by molar-refractivity contribution is -0.217. The Morgan fingerprint density at radius 1 is 1.00 bits per heavy atom. The lowest BCUT2D eigenvalue weighted by Gasteiger charge is -2.71. The summed E-state index contributed by atoms with van der Waals surface area (Å²) in [4.78, 5) is 13.8. The van der Waals surface area contributed by atoms with Gasteiger partial charge in [-0.05, 0) is 110 Å². The third-order valence-corrected chi connectivity index (χ3v) is 14.2. The Morgan fingerprint density at radius 3 is 2.36 bits per heavy atom. The van der Waals surface area contributed by atoms with Crippen LogP contribution in [0, 0.1) is 50.2 Å². The van der Waals surface area contributed by atoms with E-state index in [1.54, 1.807) is 5.57 Å². The number of carbonyl (C=O) groups is 1. The standard InChI is InChI=1S/C33H53BrO4.ClH/c1-28(2)14-16-33(27(37)38-19-7-18-34)17-15-31(5)22(23(33)20-28)8-9-25-29(3)12-11-26(36)30(4,21-35)24(29)10-13-32(25,31)6;/h8,23-26,35-36H,7,9-21H2,1-6H3;1H/t23-,24+,25+,26-,29-,30-,31+,32+,33-;/m0./s1. The molecule has 0 unspecified atom stereocenters. The molecule has 0 aromatic rings.